The van der Waals surface area contributed by atoms with Gasteiger partial charge in [0.15, 0.2) is 5.78 Å². The molecule has 6 nitrogen and oxygen atoms in total. The van der Waals surface area contributed by atoms with Crippen LogP contribution in [0.2, 0.25) is 0 Å². The lowest BCUT2D eigenvalue weighted by atomic mass is 10.0. The second kappa shape index (κ2) is 8.32. The van der Waals surface area contributed by atoms with Crippen molar-refractivity contribution in [2.75, 3.05) is 31.2 Å². The van der Waals surface area contributed by atoms with Gasteiger partial charge in [-0.2, -0.15) is 5.10 Å². The molecular weight excluding hydrogens is 388 g/mol. The molecule has 156 valence electrons. The molecule has 2 aromatic carbocycles. The van der Waals surface area contributed by atoms with Crippen LogP contribution in [0.1, 0.15) is 16.1 Å². The summed E-state index contributed by atoms with van der Waals surface area (Å²) in [6, 6.07) is 18.5. The highest BCUT2D eigenvalue weighted by Gasteiger charge is 2.13. The van der Waals surface area contributed by atoms with Crippen molar-refractivity contribution in [1.82, 2.24) is 14.8 Å². The third-order valence-corrected chi connectivity index (χ3v) is 5.78. The molecule has 1 saturated heterocycles. The number of fused-ring (bicyclic) bond motifs is 1. The van der Waals surface area contributed by atoms with Crippen LogP contribution in [0.15, 0.2) is 67.0 Å². The number of rotatable bonds is 5. The van der Waals surface area contributed by atoms with E-state index in [1.165, 1.54) is 5.69 Å². The van der Waals surface area contributed by atoms with Crippen LogP contribution in [-0.4, -0.2) is 46.9 Å². The average molecular weight is 412 g/mol. The minimum absolute atomic E-state index is 0.0518. The monoisotopic (exact) mass is 412 g/mol. The zero-order chi connectivity index (χ0) is 21.2. The Morgan fingerprint density at radius 1 is 1.03 bits per heavy atom. The van der Waals surface area contributed by atoms with E-state index in [4.69, 9.17) is 4.74 Å². The van der Waals surface area contributed by atoms with Crippen molar-refractivity contribution in [3.63, 3.8) is 0 Å². The maximum atomic E-state index is 12.5. The maximum absolute atomic E-state index is 12.5. The van der Waals surface area contributed by atoms with E-state index in [0.29, 0.717) is 12.1 Å². The second-order valence-corrected chi connectivity index (χ2v) is 7.84. The lowest BCUT2D eigenvalue weighted by molar-refractivity contribution is 0.0984. The first-order chi connectivity index (χ1) is 15.2. The molecule has 1 aliphatic heterocycles. The highest BCUT2D eigenvalue weighted by molar-refractivity contribution is 5.96. The molecule has 0 spiro atoms. The van der Waals surface area contributed by atoms with Crippen LogP contribution in [0, 0.1) is 0 Å². The molecule has 0 saturated carbocycles. The van der Waals surface area contributed by atoms with Gasteiger partial charge in [0.1, 0.15) is 5.69 Å². The molecule has 1 aliphatic rings. The Hall–Kier alpha value is -3.51. The van der Waals surface area contributed by atoms with Crippen LogP contribution in [0.4, 0.5) is 5.69 Å². The molecule has 0 unspecified atom stereocenters. The van der Waals surface area contributed by atoms with Crippen LogP contribution in [-0.2, 0) is 18.2 Å². The molecule has 31 heavy (non-hydrogen) atoms. The van der Waals surface area contributed by atoms with Crippen molar-refractivity contribution in [1.29, 1.82) is 0 Å². The van der Waals surface area contributed by atoms with Crippen molar-refractivity contribution in [3.8, 4) is 11.1 Å². The molecule has 0 amide bonds. The molecule has 0 N–H and O–H groups in total. The Kier molecular flexibility index (Phi) is 5.22. The van der Waals surface area contributed by atoms with Gasteiger partial charge in [-0.25, -0.2) is 0 Å². The molecule has 3 heterocycles. The van der Waals surface area contributed by atoms with E-state index >= 15 is 0 Å². The molecule has 1 fully saturated rings. The van der Waals surface area contributed by atoms with Gasteiger partial charge < -0.3 is 9.64 Å². The fraction of sp³-hybridized carbons (Fsp3) is 0.240. The van der Waals surface area contributed by atoms with Crippen LogP contribution >= 0.6 is 0 Å². The normalized spacial score (nSPS) is 14.2. The smallest absolute Gasteiger partial charge is 0.185 e. The number of benzene rings is 2. The number of nitrogens with zero attached hydrogens (tertiary/aromatic N) is 4. The summed E-state index contributed by atoms with van der Waals surface area (Å²) in [5.41, 5.74) is 5.90. The second-order valence-electron chi connectivity index (χ2n) is 7.84. The Morgan fingerprint density at radius 3 is 2.71 bits per heavy atom. The van der Waals surface area contributed by atoms with Gasteiger partial charge in [0.2, 0.25) is 0 Å². The molecular formula is C25H24N4O2. The zero-order valence-corrected chi connectivity index (χ0v) is 17.5. The number of morpholine rings is 1. The van der Waals surface area contributed by atoms with Gasteiger partial charge in [-0.15, -0.1) is 0 Å². The summed E-state index contributed by atoms with van der Waals surface area (Å²) < 4.78 is 7.08. The summed E-state index contributed by atoms with van der Waals surface area (Å²) in [6.45, 7) is 3.37. The molecule has 4 aromatic rings. The predicted molar refractivity (Wildman–Crippen MR) is 121 cm³/mol. The third-order valence-electron chi connectivity index (χ3n) is 5.78. The van der Waals surface area contributed by atoms with Gasteiger partial charge in [0.25, 0.3) is 0 Å². The van der Waals surface area contributed by atoms with Gasteiger partial charge in [0, 0.05) is 55.6 Å². The van der Waals surface area contributed by atoms with E-state index in [1.807, 2.05) is 24.4 Å². The molecule has 0 aliphatic carbocycles. The van der Waals surface area contributed by atoms with Crippen molar-refractivity contribution in [2.24, 2.45) is 7.05 Å². The van der Waals surface area contributed by atoms with Gasteiger partial charge >= 0.3 is 0 Å². The Morgan fingerprint density at radius 2 is 1.90 bits per heavy atom. The lowest BCUT2D eigenvalue weighted by Crippen LogP contribution is -2.36. The molecule has 0 radical (unpaired) electrons. The van der Waals surface area contributed by atoms with Gasteiger partial charge in [-0.05, 0) is 41.5 Å². The van der Waals surface area contributed by atoms with E-state index in [9.17, 15) is 4.79 Å². The molecule has 0 atom stereocenters. The van der Waals surface area contributed by atoms with Crippen LogP contribution in [0.5, 0.6) is 0 Å². The number of ketones is 1. The van der Waals surface area contributed by atoms with Crippen molar-refractivity contribution < 1.29 is 9.53 Å². The zero-order valence-electron chi connectivity index (χ0n) is 17.5. The number of carbonyl (C=O) groups is 1. The van der Waals surface area contributed by atoms with Crippen molar-refractivity contribution in [2.45, 2.75) is 6.42 Å². The number of carbonyl (C=O) groups excluding carboxylic acids is 1. The van der Waals surface area contributed by atoms with Crippen molar-refractivity contribution in [3.05, 3.63) is 78.2 Å². The third kappa shape index (κ3) is 4.07. The highest BCUT2D eigenvalue weighted by atomic mass is 16.5. The fourth-order valence-electron chi connectivity index (χ4n) is 4.06. The summed E-state index contributed by atoms with van der Waals surface area (Å²) in [6.07, 6.45) is 3.89. The number of hydrogen-bond donors (Lipinski definition) is 0. The summed E-state index contributed by atoms with van der Waals surface area (Å²) in [5.74, 6) is 0.0518. The summed E-state index contributed by atoms with van der Waals surface area (Å²) in [7, 11) is 1.78. The van der Waals surface area contributed by atoms with Crippen molar-refractivity contribution >= 4 is 22.4 Å². The number of aromatic nitrogens is 3. The minimum atomic E-state index is 0.0518. The molecule has 6 heteroatoms. The summed E-state index contributed by atoms with van der Waals surface area (Å²) >= 11 is 0. The first kappa shape index (κ1) is 19.5. The number of anilines is 1. The number of aryl methyl sites for hydroxylation is 1. The Bertz CT molecular complexity index is 1240. The Balaban J connectivity index is 1.39. The van der Waals surface area contributed by atoms with Crippen LogP contribution in [0.3, 0.4) is 0 Å². The highest BCUT2D eigenvalue weighted by Crippen LogP contribution is 2.27. The largest absolute Gasteiger partial charge is 0.378 e. The predicted octanol–water partition coefficient (Wildman–Crippen LogP) is 3.90. The van der Waals surface area contributed by atoms with Gasteiger partial charge in [0.05, 0.1) is 18.7 Å². The average Bonchev–Trinajstić information content (AvgIpc) is 3.25. The van der Waals surface area contributed by atoms with Crippen LogP contribution in [0.25, 0.3) is 22.0 Å². The molecule has 5 rings (SSSR count). The van der Waals surface area contributed by atoms with E-state index in [0.717, 1.165) is 53.9 Å². The molecule has 2 aromatic heterocycles. The van der Waals surface area contributed by atoms with Crippen LogP contribution < -0.4 is 4.90 Å². The summed E-state index contributed by atoms with van der Waals surface area (Å²) in [5, 5.41) is 5.14. The summed E-state index contributed by atoms with van der Waals surface area (Å²) in [4.78, 5) is 19.6. The first-order valence-electron chi connectivity index (χ1n) is 10.5. The van der Waals surface area contributed by atoms with E-state index in [2.05, 4.69) is 45.3 Å². The minimum Gasteiger partial charge on any atom is -0.378 e. The quantitative estimate of drug-likeness (QED) is 0.466. The van der Waals surface area contributed by atoms with Gasteiger partial charge in [-0.3, -0.25) is 14.5 Å². The number of hydrogen-bond acceptors (Lipinski definition) is 5. The number of Topliss-reactive ketones (excluding diaryl/α,β-unsaturated/α-hetero) is 1. The number of pyridine rings is 1. The Labute approximate surface area is 181 Å². The van der Waals surface area contributed by atoms with E-state index in [-0.39, 0.29) is 5.78 Å². The lowest BCUT2D eigenvalue weighted by Gasteiger charge is -2.29. The standard InChI is InChI=1S/C25H24N4O2/c1-28-24(7-8-27-28)25(30)14-18-5-6-20-15-21(17-26-23(20)13-18)19-3-2-4-22(16-19)29-9-11-31-12-10-29/h2-8,13,15-17H,9-12,14H2,1H3. The number of ether oxygens (including phenoxy) is 1. The molecule has 0 bridgehead atoms. The van der Waals surface area contributed by atoms with E-state index in [1.54, 1.807) is 24.0 Å². The maximum Gasteiger partial charge on any atom is 0.185 e. The SMILES string of the molecule is Cn1nccc1C(=O)Cc1ccc2cc(-c3cccc(N4CCOCC4)c3)cnc2c1. The fourth-order valence-corrected chi connectivity index (χ4v) is 4.06. The van der Waals surface area contributed by atoms with E-state index < -0.39 is 0 Å². The topological polar surface area (TPSA) is 60.2 Å². The first-order valence-corrected chi connectivity index (χ1v) is 10.5. The van der Waals surface area contributed by atoms with Gasteiger partial charge in [-0.1, -0.05) is 24.3 Å².